The van der Waals surface area contributed by atoms with Gasteiger partial charge in [-0.15, -0.1) is 11.3 Å². The summed E-state index contributed by atoms with van der Waals surface area (Å²) >= 11 is 7.46. The quantitative estimate of drug-likeness (QED) is 0.795. The van der Waals surface area contributed by atoms with Gasteiger partial charge in [0.15, 0.2) is 5.60 Å². The Hall–Kier alpha value is -1.60. The lowest BCUT2D eigenvalue weighted by atomic mass is 10.1. The molecule has 0 spiro atoms. The Labute approximate surface area is 169 Å². The van der Waals surface area contributed by atoms with Crippen LogP contribution in [0.1, 0.15) is 24.8 Å². The lowest BCUT2D eigenvalue weighted by Crippen LogP contribution is -2.56. The molecule has 5 nitrogen and oxygen atoms in total. The third-order valence-corrected chi connectivity index (χ3v) is 5.89. The van der Waals surface area contributed by atoms with Crippen LogP contribution in [0.3, 0.4) is 0 Å². The third-order valence-electron chi connectivity index (χ3n) is 4.66. The van der Waals surface area contributed by atoms with Crippen molar-refractivity contribution in [2.75, 3.05) is 32.7 Å². The van der Waals surface area contributed by atoms with Crippen LogP contribution < -0.4 is 4.74 Å². The molecule has 3 rings (SSSR count). The summed E-state index contributed by atoms with van der Waals surface area (Å²) in [7, 11) is 0. The molecule has 2 aromatic rings. The van der Waals surface area contributed by atoms with Gasteiger partial charge in [-0.2, -0.15) is 0 Å². The smallest absolute Gasteiger partial charge is 0.266 e. The number of ether oxygens (including phenoxy) is 1. The number of nitrogens with zero attached hydrogens (tertiary/aromatic N) is 2. The van der Waals surface area contributed by atoms with Crippen molar-refractivity contribution in [2.24, 2.45) is 0 Å². The molecule has 0 aliphatic carbocycles. The number of amides is 1. The standard InChI is InChI=1S/C20H25ClN2O3S/c1-20(2,26-16-7-5-15(21)6-8-16)19(25)23-11-9-22(10-12-23)14-17(24)18-4-3-13-27-18/h3-8,13,17,24H,9-12,14H2,1-2H3/t17-/m1/s1. The number of halogens is 1. The average molecular weight is 409 g/mol. The first-order valence-corrected chi connectivity index (χ1v) is 10.3. The van der Waals surface area contributed by atoms with Crippen LogP contribution in [0, 0.1) is 0 Å². The maximum Gasteiger partial charge on any atom is 0.266 e. The average Bonchev–Trinajstić information content (AvgIpc) is 3.18. The molecular formula is C20H25ClN2O3S. The number of aliphatic hydroxyl groups excluding tert-OH is 1. The molecule has 1 aliphatic rings. The molecule has 1 atom stereocenters. The largest absolute Gasteiger partial charge is 0.478 e. The minimum absolute atomic E-state index is 0.0316. The zero-order chi connectivity index (χ0) is 19.4. The Morgan fingerprint density at radius 2 is 1.89 bits per heavy atom. The molecule has 1 aliphatic heterocycles. The molecule has 0 saturated carbocycles. The summed E-state index contributed by atoms with van der Waals surface area (Å²) in [5.74, 6) is 0.589. The minimum Gasteiger partial charge on any atom is -0.478 e. The van der Waals surface area contributed by atoms with Crippen LogP contribution in [0.15, 0.2) is 41.8 Å². The first-order chi connectivity index (χ1) is 12.8. The highest BCUT2D eigenvalue weighted by Crippen LogP contribution is 2.24. The molecule has 1 aromatic carbocycles. The van der Waals surface area contributed by atoms with Gasteiger partial charge in [0.05, 0.1) is 0 Å². The topological polar surface area (TPSA) is 53.0 Å². The number of piperazine rings is 1. The van der Waals surface area contributed by atoms with Gasteiger partial charge in [-0.1, -0.05) is 17.7 Å². The van der Waals surface area contributed by atoms with Crippen molar-refractivity contribution >= 4 is 28.8 Å². The van der Waals surface area contributed by atoms with E-state index < -0.39 is 11.7 Å². The Kier molecular flexibility index (Phi) is 6.42. The lowest BCUT2D eigenvalue weighted by molar-refractivity contribution is -0.147. The van der Waals surface area contributed by atoms with Gasteiger partial charge >= 0.3 is 0 Å². The monoisotopic (exact) mass is 408 g/mol. The van der Waals surface area contributed by atoms with Gasteiger partial charge in [0.2, 0.25) is 0 Å². The van der Waals surface area contributed by atoms with Crippen LogP contribution in [0.2, 0.25) is 5.02 Å². The van der Waals surface area contributed by atoms with Crippen LogP contribution in [0.5, 0.6) is 5.75 Å². The van der Waals surface area contributed by atoms with Gasteiger partial charge in [-0.3, -0.25) is 9.69 Å². The van der Waals surface area contributed by atoms with E-state index in [4.69, 9.17) is 16.3 Å². The summed E-state index contributed by atoms with van der Waals surface area (Å²) in [4.78, 5) is 17.9. The zero-order valence-corrected chi connectivity index (χ0v) is 17.2. The molecule has 1 saturated heterocycles. The number of β-amino-alcohol motifs (C(OH)–C–C–N with tert-alkyl or cyclic N) is 1. The van der Waals surface area contributed by atoms with E-state index >= 15 is 0 Å². The molecule has 0 bridgehead atoms. The summed E-state index contributed by atoms with van der Waals surface area (Å²) in [5, 5.41) is 12.9. The fourth-order valence-corrected chi connectivity index (χ4v) is 4.00. The second-order valence-corrected chi connectivity index (χ2v) is 8.61. The Bertz CT molecular complexity index is 741. The first kappa shape index (κ1) is 20.1. The number of rotatable bonds is 6. The van der Waals surface area contributed by atoms with Gasteiger partial charge in [-0.05, 0) is 49.6 Å². The van der Waals surface area contributed by atoms with Crippen molar-refractivity contribution in [2.45, 2.75) is 25.6 Å². The normalized spacial score (nSPS) is 17.0. The molecule has 27 heavy (non-hydrogen) atoms. The maximum absolute atomic E-state index is 12.9. The van der Waals surface area contributed by atoms with Crippen molar-refractivity contribution in [1.29, 1.82) is 0 Å². The summed E-state index contributed by atoms with van der Waals surface area (Å²) in [6.45, 7) is 6.91. The second kappa shape index (κ2) is 8.61. The number of carbonyl (C=O) groups is 1. The predicted octanol–water partition coefficient (Wildman–Crippen LogP) is 3.44. The van der Waals surface area contributed by atoms with Crippen LogP contribution >= 0.6 is 22.9 Å². The number of benzene rings is 1. The SMILES string of the molecule is CC(C)(Oc1ccc(Cl)cc1)C(=O)N1CCN(C[C@@H](O)c2cccs2)CC1. The fraction of sp³-hybridized carbons (Fsp3) is 0.450. The van der Waals surface area contributed by atoms with E-state index in [1.807, 2.05) is 22.4 Å². The van der Waals surface area contributed by atoms with Gasteiger partial charge in [0.25, 0.3) is 5.91 Å². The van der Waals surface area contributed by atoms with E-state index in [1.165, 1.54) is 0 Å². The predicted molar refractivity (Wildman–Crippen MR) is 108 cm³/mol. The molecule has 0 radical (unpaired) electrons. The molecular weight excluding hydrogens is 384 g/mol. The summed E-state index contributed by atoms with van der Waals surface area (Å²) < 4.78 is 5.91. The molecule has 1 aromatic heterocycles. The summed E-state index contributed by atoms with van der Waals surface area (Å²) in [6.07, 6.45) is -0.475. The van der Waals surface area contributed by atoms with Crippen molar-refractivity contribution in [3.05, 3.63) is 51.7 Å². The highest BCUT2D eigenvalue weighted by molar-refractivity contribution is 7.10. The van der Waals surface area contributed by atoms with E-state index in [1.54, 1.807) is 49.4 Å². The highest BCUT2D eigenvalue weighted by Gasteiger charge is 2.36. The van der Waals surface area contributed by atoms with Crippen LogP contribution in [-0.2, 0) is 4.79 Å². The zero-order valence-electron chi connectivity index (χ0n) is 15.6. The molecule has 0 unspecified atom stereocenters. The van der Waals surface area contributed by atoms with E-state index in [2.05, 4.69) is 4.90 Å². The number of hydrogen-bond acceptors (Lipinski definition) is 5. The maximum atomic E-state index is 12.9. The highest BCUT2D eigenvalue weighted by atomic mass is 35.5. The molecule has 146 valence electrons. The Morgan fingerprint density at radius 3 is 2.48 bits per heavy atom. The molecule has 2 heterocycles. The van der Waals surface area contributed by atoms with E-state index in [9.17, 15) is 9.90 Å². The number of aliphatic hydroxyl groups is 1. The molecule has 7 heteroatoms. The number of carbonyl (C=O) groups excluding carboxylic acids is 1. The second-order valence-electron chi connectivity index (χ2n) is 7.19. The van der Waals surface area contributed by atoms with Crippen molar-refractivity contribution in [3.63, 3.8) is 0 Å². The summed E-state index contributed by atoms with van der Waals surface area (Å²) in [6, 6.07) is 10.9. The first-order valence-electron chi connectivity index (χ1n) is 9.03. The molecule has 1 amide bonds. The van der Waals surface area contributed by atoms with Crippen molar-refractivity contribution in [3.8, 4) is 5.75 Å². The summed E-state index contributed by atoms with van der Waals surface area (Å²) in [5.41, 5.74) is -0.952. The molecule has 1 fully saturated rings. The van der Waals surface area contributed by atoms with E-state index in [0.717, 1.165) is 18.0 Å². The van der Waals surface area contributed by atoms with Gasteiger partial charge in [0.1, 0.15) is 11.9 Å². The van der Waals surface area contributed by atoms with Crippen molar-refractivity contribution in [1.82, 2.24) is 9.80 Å². The van der Waals surface area contributed by atoms with Crippen LogP contribution in [-0.4, -0.2) is 59.1 Å². The minimum atomic E-state index is -0.952. The van der Waals surface area contributed by atoms with E-state index in [-0.39, 0.29) is 5.91 Å². The Balaban J connectivity index is 1.52. The van der Waals surface area contributed by atoms with Crippen LogP contribution in [0.4, 0.5) is 0 Å². The van der Waals surface area contributed by atoms with E-state index in [0.29, 0.717) is 30.4 Å². The lowest BCUT2D eigenvalue weighted by Gasteiger charge is -2.39. The van der Waals surface area contributed by atoms with Gasteiger partial charge in [-0.25, -0.2) is 0 Å². The van der Waals surface area contributed by atoms with Crippen LogP contribution in [0.25, 0.3) is 0 Å². The molecule has 1 N–H and O–H groups in total. The van der Waals surface area contributed by atoms with Gasteiger partial charge < -0.3 is 14.7 Å². The number of thiophene rings is 1. The third kappa shape index (κ3) is 5.23. The fourth-order valence-electron chi connectivity index (χ4n) is 3.17. The van der Waals surface area contributed by atoms with Gasteiger partial charge in [0, 0.05) is 42.6 Å². The number of hydrogen-bond donors (Lipinski definition) is 1. The Morgan fingerprint density at radius 1 is 1.22 bits per heavy atom. The van der Waals surface area contributed by atoms with Crippen molar-refractivity contribution < 1.29 is 14.6 Å².